The number of aryl methyl sites for hydroxylation is 2. The van der Waals surface area contributed by atoms with Gasteiger partial charge in [-0.15, -0.1) is 11.3 Å². The quantitative estimate of drug-likeness (QED) is 0.628. The number of nitrogens with zero attached hydrogens (tertiary/aromatic N) is 3. The summed E-state index contributed by atoms with van der Waals surface area (Å²) in [6.07, 6.45) is 0. The minimum Gasteiger partial charge on any atom is -0.301 e. The second-order valence-electron chi connectivity index (χ2n) is 6.03. The van der Waals surface area contributed by atoms with Gasteiger partial charge in [-0.2, -0.15) is 5.26 Å². The Morgan fingerprint density at radius 1 is 1.26 bits per heavy atom. The first kappa shape index (κ1) is 19.1. The summed E-state index contributed by atoms with van der Waals surface area (Å²) in [5.41, 5.74) is 4.06. The molecule has 0 spiro atoms. The lowest BCUT2D eigenvalue weighted by atomic mass is 10.1. The van der Waals surface area contributed by atoms with Crippen molar-refractivity contribution >= 4 is 34.1 Å². The Morgan fingerprint density at radius 2 is 2.00 bits per heavy atom. The number of rotatable bonds is 5. The van der Waals surface area contributed by atoms with Gasteiger partial charge in [0.2, 0.25) is 5.91 Å². The zero-order chi connectivity index (χ0) is 19.4. The molecule has 1 unspecified atom stereocenters. The second-order valence-corrected chi connectivity index (χ2v) is 8.21. The van der Waals surface area contributed by atoms with Crippen molar-refractivity contribution in [3.63, 3.8) is 0 Å². The van der Waals surface area contributed by atoms with Crippen LogP contribution >= 0.6 is 23.1 Å². The van der Waals surface area contributed by atoms with Crippen molar-refractivity contribution in [1.82, 2.24) is 9.97 Å². The van der Waals surface area contributed by atoms with E-state index in [2.05, 4.69) is 21.4 Å². The number of hydrogen-bond acceptors (Lipinski definition) is 6. The van der Waals surface area contributed by atoms with Gasteiger partial charge in [0.15, 0.2) is 5.13 Å². The van der Waals surface area contributed by atoms with Gasteiger partial charge in [-0.25, -0.2) is 9.97 Å². The molecule has 0 aliphatic heterocycles. The molecule has 136 valence electrons. The number of pyridine rings is 1. The van der Waals surface area contributed by atoms with Gasteiger partial charge < -0.3 is 5.32 Å². The van der Waals surface area contributed by atoms with E-state index in [4.69, 9.17) is 0 Å². The standard InChI is InChI=1S/C20H18N4OS2/c1-12-9-13(2)22-19(16(12)10-21)27-14(3)18(25)24-20-23-17(11-26-20)15-7-5-4-6-8-15/h4-9,11,14H,1-3H3,(H,23,24,25). The van der Waals surface area contributed by atoms with Crippen LogP contribution in [0.1, 0.15) is 23.7 Å². The van der Waals surface area contributed by atoms with Crippen LogP contribution in [0.25, 0.3) is 11.3 Å². The zero-order valence-electron chi connectivity index (χ0n) is 15.2. The Kier molecular flexibility index (Phi) is 5.89. The topological polar surface area (TPSA) is 78.7 Å². The van der Waals surface area contributed by atoms with Crippen LogP contribution in [0.15, 0.2) is 46.8 Å². The van der Waals surface area contributed by atoms with Crippen molar-refractivity contribution < 1.29 is 4.79 Å². The van der Waals surface area contributed by atoms with Gasteiger partial charge in [0.25, 0.3) is 0 Å². The maximum atomic E-state index is 12.6. The van der Waals surface area contributed by atoms with E-state index >= 15 is 0 Å². The van der Waals surface area contributed by atoms with Crippen molar-refractivity contribution in [2.75, 3.05) is 5.32 Å². The molecule has 0 aliphatic carbocycles. The highest BCUT2D eigenvalue weighted by Gasteiger charge is 2.20. The molecule has 0 radical (unpaired) electrons. The van der Waals surface area contributed by atoms with E-state index in [1.54, 1.807) is 6.92 Å². The number of aromatic nitrogens is 2. The van der Waals surface area contributed by atoms with E-state index in [1.807, 2.05) is 55.6 Å². The summed E-state index contributed by atoms with van der Waals surface area (Å²) in [5.74, 6) is -0.168. The van der Waals surface area contributed by atoms with Gasteiger partial charge in [-0.3, -0.25) is 4.79 Å². The molecular weight excluding hydrogens is 376 g/mol. The summed E-state index contributed by atoms with van der Waals surface area (Å²) >= 11 is 2.67. The molecule has 2 heterocycles. The molecule has 3 rings (SSSR count). The van der Waals surface area contributed by atoms with Gasteiger partial charge in [0, 0.05) is 16.6 Å². The summed E-state index contributed by atoms with van der Waals surface area (Å²) in [7, 11) is 0. The van der Waals surface area contributed by atoms with Crippen LogP contribution in [0.2, 0.25) is 0 Å². The van der Waals surface area contributed by atoms with Gasteiger partial charge >= 0.3 is 0 Å². The fraction of sp³-hybridized carbons (Fsp3) is 0.200. The second kappa shape index (κ2) is 8.33. The maximum absolute atomic E-state index is 12.6. The number of nitriles is 1. The average molecular weight is 395 g/mol. The molecule has 0 aliphatic rings. The number of anilines is 1. The normalized spacial score (nSPS) is 11.6. The first-order valence-corrected chi connectivity index (χ1v) is 10.1. The van der Waals surface area contributed by atoms with Crippen LogP contribution in [-0.4, -0.2) is 21.1 Å². The number of hydrogen-bond donors (Lipinski definition) is 1. The number of thiazole rings is 1. The van der Waals surface area contributed by atoms with Crippen molar-refractivity contribution in [3.05, 3.63) is 58.6 Å². The lowest BCUT2D eigenvalue weighted by Gasteiger charge is -2.12. The summed E-state index contributed by atoms with van der Waals surface area (Å²) in [5, 5.41) is 14.9. The molecule has 3 aromatic rings. The molecule has 7 heteroatoms. The van der Waals surface area contributed by atoms with E-state index in [0.29, 0.717) is 15.7 Å². The average Bonchev–Trinajstić information content (AvgIpc) is 3.10. The third kappa shape index (κ3) is 4.54. The smallest absolute Gasteiger partial charge is 0.239 e. The summed E-state index contributed by atoms with van der Waals surface area (Å²) in [4.78, 5) is 21.5. The van der Waals surface area contributed by atoms with E-state index in [1.165, 1.54) is 23.1 Å². The van der Waals surface area contributed by atoms with Crippen LogP contribution in [-0.2, 0) is 4.79 Å². The minimum atomic E-state index is -0.408. The van der Waals surface area contributed by atoms with E-state index in [9.17, 15) is 10.1 Å². The Balaban J connectivity index is 1.71. The first-order chi connectivity index (χ1) is 13.0. The van der Waals surface area contributed by atoms with Crippen LogP contribution in [0.4, 0.5) is 5.13 Å². The van der Waals surface area contributed by atoms with Crippen molar-refractivity contribution in [2.24, 2.45) is 0 Å². The molecule has 1 atom stereocenters. The first-order valence-electron chi connectivity index (χ1n) is 8.34. The Labute approximate surface area is 166 Å². The van der Waals surface area contributed by atoms with Crippen LogP contribution in [0.3, 0.4) is 0 Å². The lowest BCUT2D eigenvalue weighted by molar-refractivity contribution is -0.115. The molecule has 1 N–H and O–H groups in total. The van der Waals surface area contributed by atoms with E-state index in [-0.39, 0.29) is 5.91 Å². The van der Waals surface area contributed by atoms with Gasteiger partial charge in [-0.1, -0.05) is 42.1 Å². The highest BCUT2D eigenvalue weighted by molar-refractivity contribution is 8.00. The molecule has 0 bridgehead atoms. The minimum absolute atomic E-state index is 0.168. The Morgan fingerprint density at radius 3 is 2.70 bits per heavy atom. The molecule has 27 heavy (non-hydrogen) atoms. The number of carbonyl (C=O) groups is 1. The van der Waals surface area contributed by atoms with Crippen molar-refractivity contribution in [2.45, 2.75) is 31.0 Å². The van der Waals surface area contributed by atoms with E-state index in [0.717, 1.165) is 22.5 Å². The predicted molar refractivity (Wildman–Crippen MR) is 110 cm³/mol. The number of amides is 1. The van der Waals surface area contributed by atoms with Gasteiger partial charge in [0.05, 0.1) is 16.5 Å². The molecule has 0 saturated carbocycles. The molecule has 0 saturated heterocycles. The summed E-state index contributed by atoms with van der Waals surface area (Å²) in [6.45, 7) is 5.55. The highest BCUT2D eigenvalue weighted by atomic mass is 32.2. The Bertz CT molecular complexity index is 1010. The summed E-state index contributed by atoms with van der Waals surface area (Å²) < 4.78 is 0. The number of thioether (sulfide) groups is 1. The summed E-state index contributed by atoms with van der Waals surface area (Å²) in [6, 6.07) is 13.9. The largest absolute Gasteiger partial charge is 0.301 e. The molecule has 2 aromatic heterocycles. The fourth-order valence-electron chi connectivity index (χ4n) is 2.52. The molecule has 0 fully saturated rings. The molecule has 5 nitrogen and oxygen atoms in total. The highest BCUT2D eigenvalue weighted by Crippen LogP contribution is 2.29. The predicted octanol–water partition coefficient (Wildman–Crippen LogP) is 4.81. The zero-order valence-corrected chi connectivity index (χ0v) is 16.8. The lowest BCUT2D eigenvalue weighted by Crippen LogP contribution is -2.22. The van der Waals surface area contributed by atoms with Crippen LogP contribution in [0, 0.1) is 25.2 Å². The SMILES string of the molecule is Cc1cc(C)c(C#N)c(SC(C)C(=O)Nc2nc(-c3ccccc3)cs2)n1. The Hall–Kier alpha value is -2.69. The number of nitrogens with one attached hydrogen (secondary N) is 1. The van der Waals surface area contributed by atoms with Gasteiger partial charge in [0.1, 0.15) is 11.1 Å². The number of benzene rings is 1. The number of carbonyl (C=O) groups excluding carboxylic acids is 1. The van der Waals surface area contributed by atoms with E-state index < -0.39 is 5.25 Å². The monoisotopic (exact) mass is 394 g/mol. The van der Waals surface area contributed by atoms with Crippen LogP contribution < -0.4 is 5.32 Å². The molecular formula is C20H18N4OS2. The maximum Gasteiger partial charge on any atom is 0.239 e. The molecule has 1 aromatic carbocycles. The third-order valence-corrected chi connectivity index (χ3v) is 5.73. The van der Waals surface area contributed by atoms with Crippen molar-refractivity contribution in [3.8, 4) is 17.3 Å². The third-order valence-electron chi connectivity index (χ3n) is 3.88. The molecule has 1 amide bonds. The van der Waals surface area contributed by atoms with Crippen LogP contribution in [0.5, 0.6) is 0 Å². The van der Waals surface area contributed by atoms with Crippen molar-refractivity contribution in [1.29, 1.82) is 5.26 Å². The fourth-order valence-corrected chi connectivity index (χ4v) is 4.27. The van der Waals surface area contributed by atoms with Gasteiger partial charge in [-0.05, 0) is 32.4 Å².